The van der Waals surface area contributed by atoms with Crippen LogP contribution in [-0.4, -0.2) is 96.7 Å². The highest BCUT2D eigenvalue weighted by Gasteiger charge is 2.30. The van der Waals surface area contributed by atoms with E-state index in [-0.39, 0.29) is 25.7 Å². The van der Waals surface area contributed by atoms with Gasteiger partial charge in [0.25, 0.3) is 0 Å². The average Bonchev–Trinajstić information content (AvgIpc) is 2.78. The van der Waals surface area contributed by atoms with Gasteiger partial charge in [-0.25, -0.2) is 9.13 Å². The Bertz CT molecular complexity index is 1780. The molecule has 0 aromatic carbocycles. The maximum absolute atomic E-state index is 13.0. The molecular weight excluding hydrogens is 1190 g/mol. The van der Waals surface area contributed by atoms with Crippen molar-refractivity contribution in [3.8, 4) is 0 Å². The minimum absolute atomic E-state index is 0.105. The van der Waals surface area contributed by atoms with E-state index in [9.17, 15) is 43.2 Å². The molecule has 0 fully saturated rings. The number of carbonyl (C=O) groups is 4. The summed E-state index contributed by atoms with van der Waals surface area (Å²) in [6.45, 7) is 14.1. The lowest BCUT2D eigenvalue weighted by Gasteiger charge is -2.21. The van der Waals surface area contributed by atoms with Crippen molar-refractivity contribution in [2.75, 3.05) is 39.6 Å². The Morgan fingerprint density at radius 2 is 0.533 bits per heavy atom. The first-order valence-electron chi connectivity index (χ1n) is 36.7. The van der Waals surface area contributed by atoms with Gasteiger partial charge in [-0.3, -0.25) is 37.3 Å². The van der Waals surface area contributed by atoms with Crippen LogP contribution in [-0.2, 0) is 65.4 Å². The van der Waals surface area contributed by atoms with Crippen molar-refractivity contribution >= 4 is 39.5 Å². The molecule has 0 radical (unpaired) electrons. The molecule has 4 unspecified atom stereocenters. The van der Waals surface area contributed by atoms with Crippen LogP contribution in [0.1, 0.15) is 351 Å². The Morgan fingerprint density at radius 1 is 0.311 bits per heavy atom. The van der Waals surface area contributed by atoms with E-state index in [0.717, 1.165) is 114 Å². The largest absolute Gasteiger partial charge is 0.472 e. The monoisotopic (exact) mass is 1320 g/mol. The summed E-state index contributed by atoms with van der Waals surface area (Å²) < 4.78 is 68.3. The molecule has 0 amide bonds. The first kappa shape index (κ1) is 88.1. The number of unbranched alkanes of at least 4 members (excludes halogenated alkanes) is 33. The van der Waals surface area contributed by atoms with Crippen molar-refractivity contribution in [3.63, 3.8) is 0 Å². The molecule has 534 valence electrons. The number of carbonyl (C=O) groups excluding carboxylic acids is 4. The van der Waals surface area contributed by atoms with Gasteiger partial charge in [0.2, 0.25) is 0 Å². The molecule has 3 N–H and O–H groups in total. The molecule has 0 bridgehead atoms. The van der Waals surface area contributed by atoms with Crippen LogP contribution in [0.15, 0.2) is 0 Å². The third-order valence-electron chi connectivity index (χ3n) is 16.7. The molecular formula is C71H138O17P2. The number of aliphatic hydroxyl groups is 1. The van der Waals surface area contributed by atoms with Crippen LogP contribution >= 0.6 is 15.6 Å². The van der Waals surface area contributed by atoms with E-state index in [1.54, 1.807) is 0 Å². The van der Waals surface area contributed by atoms with Gasteiger partial charge in [0.1, 0.15) is 19.3 Å². The highest BCUT2D eigenvalue weighted by atomic mass is 31.2. The van der Waals surface area contributed by atoms with E-state index in [2.05, 4.69) is 55.4 Å². The zero-order chi connectivity index (χ0) is 66.8. The third kappa shape index (κ3) is 63.5. The van der Waals surface area contributed by atoms with Crippen LogP contribution in [0.3, 0.4) is 0 Å². The van der Waals surface area contributed by atoms with E-state index < -0.39 is 97.5 Å². The highest BCUT2D eigenvalue weighted by molar-refractivity contribution is 7.47. The van der Waals surface area contributed by atoms with Gasteiger partial charge >= 0.3 is 39.5 Å². The maximum Gasteiger partial charge on any atom is 0.472 e. The summed E-state index contributed by atoms with van der Waals surface area (Å²) in [6.07, 6.45) is 43.0. The molecule has 6 atom stereocenters. The molecule has 0 saturated heterocycles. The summed E-state index contributed by atoms with van der Waals surface area (Å²) in [5.41, 5.74) is 0. The number of hydrogen-bond donors (Lipinski definition) is 3. The van der Waals surface area contributed by atoms with Gasteiger partial charge in [0.15, 0.2) is 12.2 Å². The van der Waals surface area contributed by atoms with Crippen LogP contribution in [0.25, 0.3) is 0 Å². The highest BCUT2D eigenvalue weighted by Crippen LogP contribution is 2.45. The van der Waals surface area contributed by atoms with Gasteiger partial charge < -0.3 is 33.8 Å². The van der Waals surface area contributed by atoms with E-state index >= 15 is 0 Å². The summed E-state index contributed by atoms with van der Waals surface area (Å²) in [6, 6.07) is 0. The Balaban J connectivity index is 5.26. The Kier molecular flexibility index (Phi) is 59.4. The van der Waals surface area contributed by atoms with E-state index in [1.165, 1.54) is 148 Å². The number of esters is 4. The summed E-state index contributed by atoms with van der Waals surface area (Å²) in [5, 5.41) is 10.6. The zero-order valence-corrected chi connectivity index (χ0v) is 60.6. The molecule has 0 aromatic rings. The third-order valence-corrected chi connectivity index (χ3v) is 18.6. The minimum atomic E-state index is -4.95. The Labute approximate surface area is 549 Å². The predicted molar refractivity (Wildman–Crippen MR) is 363 cm³/mol. The number of aliphatic hydroxyl groups excluding tert-OH is 1. The average molecular weight is 1330 g/mol. The second-order valence-corrected chi connectivity index (χ2v) is 30.2. The van der Waals surface area contributed by atoms with Crippen molar-refractivity contribution in [2.45, 2.75) is 369 Å². The molecule has 0 aromatic heterocycles. The topological polar surface area (TPSA) is 237 Å². The van der Waals surface area contributed by atoms with Gasteiger partial charge in [-0.2, -0.15) is 0 Å². The molecule has 19 heteroatoms. The second kappa shape index (κ2) is 60.7. The van der Waals surface area contributed by atoms with Gasteiger partial charge in [-0.05, 0) is 49.4 Å². The van der Waals surface area contributed by atoms with E-state index in [1.807, 2.05) is 0 Å². The lowest BCUT2D eigenvalue weighted by atomic mass is 9.99. The lowest BCUT2D eigenvalue weighted by molar-refractivity contribution is -0.161. The fourth-order valence-electron chi connectivity index (χ4n) is 10.6. The summed E-state index contributed by atoms with van der Waals surface area (Å²) in [5.74, 6) is 0.883. The molecule has 0 spiro atoms. The summed E-state index contributed by atoms with van der Waals surface area (Å²) in [4.78, 5) is 72.6. The molecule has 0 aliphatic carbocycles. The number of ether oxygens (including phenoxy) is 4. The molecule has 0 aliphatic heterocycles. The standard InChI is InChI=1S/C71H138O17P2/c1-9-64(8)50-42-34-26-20-21-27-35-43-51-68(73)81-57-66(87-71(76)54-46-38-29-19-15-14-17-24-32-40-48-62(4)5)59-85-89(77,78)83-55-65(72)56-84-90(79,80)86-60-67(58-82-69(74)52-44-36-30-22-25-33-41-49-63(6)7)88-70(75)53-45-37-28-18-13-11-10-12-16-23-31-39-47-61(2)3/h61-67,72H,9-60H2,1-8H3,(H,77,78)(H,79,80)/t64?,65?,66-,67-/m1/s1. The summed E-state index contributed by atoms with van der Waals surface area (Å²) >= 11 is 0. The van der Waals surface area contributed by atoms with Gasteiger partial charge in [-0.15, -0.1) is 0 Å². The zero-order valence-electron chi connectivity index (χ0n) is 58.8. The fraction of sp³-hybridized carbons (Fsp3) is 0.944. The van der Waals surface area contributed by atoms with Crippen LogP contribution in [0.2, 0.25) is 0 Å². The lowest BCUT2D eigenvalue weighted by Crippen LogP contribution is -2.30. The first-order valence-corrected chi connectivity index (χ1v) is 39.7. The summed E-state index contributed by atoms with van der Waals surface area (Å²) in [7, 11) is -9.90. The fourth-order valence-corrected chi connectivity index (χ4v) is 12.2. The smallest absolute Gasteiger partial charge is 0.462 e. The van der Waals surface area contributed by atoms with Gasteiger partial charge in [0.05, 0.1) is 26.4 Å². The van der Waals surface area contributed by atoms with Gasteiger partial charge in [0, 0.05) is 25.7 Å². The first-order chi connectivity index (χ1) is 43.1. The SMILES string of the molecule is CCC(C)CCCCCCCCCCC(=O)OC[C@H](COP(=O)(O)OCC(O)COP(=O)(O)OC[C@@H](COC(=O)CCCCCCCCCC(C)C)OC(=O)CCCCCCCCCCCCCCC(C)C)OC(=O)CCCCCCCCCCCCC(C)C. The minimum Gasteiger partial charge on any atom is -0.462 e. The van der Waals surface area contributed by atoms with Crippen LogP contribution in [0, 0.1) is 23.7 Å². The number of hydrogen-bond acceptors (Lipinski definition) is 15. The van der Waals surface area contributed by atoms with Crippen molar-refractivity contribution in [1.82, 2.24) is 0 Å². The van der Waals surface area contributed by atoms with Crippen molar-refractivity contribution < 1.29 is 80.2 Å². The molecule has 0 rings (SSSR count). The van der Waals surface area contributed by atoms with Gasteiger partial charge in [-0.1, -0.05) is 299 Å². The van der Waals surface area contributed by atoms with Crippen molar-refractivity contribution in [2.24, 2.45) is 23.7 Å². The van der Waals surface area contributed by atoms with Crippen LogP contribution < -0.4 is 0 Å². The number of phosphoric acid groups is 2. The number of rotatable bonds is 68. The Hall–Kier alpha value is -1.94. The van der Waals surface area contributed by atoms with E-state index in [4.69, 9.17) is 37.0 Å². The van der Waals surface area contributed by atoms with Crippen LogP contribution in [0.5, 0.6) is 0 Å². The molecule has 17 nitrogen and oxygen atoms in total. The molecule has 90 heavy (non-hydrogen) atoms. The normalized spacial score (nSPS) is 14.6. The maximum atomic E-state index is 13.0. The quantitative estimate of drug-likeness (QED) is 0.0222. The van der Waals surface area contributed by atoms with E-state index in [0.29, 0.717) is 31.6 Å². The molecule has 0 heterocycles. The molecule has 0 saturated carbocycles. The predicted octanol–water partition coefficient (Wildman–Crippen LogP) is 20.1. The van der Waals surface area contributed by atoms with Crippen molar-refractivity contribution in [1.29, 1.82) is 0 Å². The second-order valence-electron chi connectivity index (χ2n) is 27.3. The number of phosphoric ester groups is 2. The van der Waals surface area contributed by atoms with Crippen molar-refractivity contribution in [3.05, 3.63) is 0 Å². The Morgan fingerprint density at radius 3 is 0.789 bits per heavy atom. The van der Waals surface area contributed by atoms with Crippen LogP contribution in [0.4, 0.5) is 0 Å². The molecule has 0 aliphatic rings.